The molecule has 1 rings (SSSR count). The molecule has 1 aromatic carbocycles. The number of aryl methyl sites for hydroxylation is 1. The molecule has 0 N–H and O–H groups in total. The van der Waals surface area contributed by atoms with E-state index in [4.69, 9.17) is 0 Å². The molecule has 0 atom stereocenters. The van der Waals surface area contributed by atoms with Crippen LogP contribution in [0.15, 0.2) is 24.3 Å². The second-order valence-corrected chi connectivity index (χ2v) is 3.83. The second-order valence-electron chi connectivity index (χ2n) is 3.83. The van der Waals surface area contributed by atoms with Crippen LogP contribution in [0, 0.1) is 6.92 Å². The number of benzene rings is 1. The van der Waals surface area contributed by atoms with Crippen molar-refractivity contribution in [2.45, 2.75) is 13.1 Å². The normalized spacial score (nSPS) is 12.1. The highest BCUT2D eigenvalue weighted by Gasteiger charge is 2.22. The molecule has 1 aromatic rings. The van der Waals surface area contributed by atoms with E-state index in [1.165, 1.54) is 0 Å². The average molecular weight is 229 g/mol. The van der Waals surface area contributed by atoms with Crippen LogP contribution in [-0.2, 0) is 0 Å². The molecule has 88 valence electrons. The zero-order valence-electron chi connectivity index (χ0n) is 9.47. The predicted molar refractivity (Wildman–Crippen MR) is 60.6 cm³/mol. The molecule has 0 bridgehead atoms. The van der Waals surface area contributed by atoms with Gasteiger partial charge < -0.3 is 4.90 Å². The summed E-state index contributed by atoms with van der Waals surface area (Å²) in [5.41, 5.74) is 2.36. The van der Waals surface area contributed by atoms with E-state index in [9.17, 15) is 13.2 Å². The Bertz CT molecular complexity index is 392. The van der Waals surface area contributed by atoms with Crippen molar-refractivity contribution < 1.29 is 13.2 Å². The summed E-state index contributed by atoms with van der Waals surface area (Å²) in [5, 5.41) is 0. The fourth-order valence-electron chi connectivity index (χ4n) is 1.37. The highest BCUT2D eigenvalue weighted by atomic mass is 19.4. The minimum Gasteiger partial charge on any atom is -0.377 e. The molecule has 0 aliphatic heterocycles. The van der Waals surface area contributed by atoms with E-state index in [1.807, 2.05) is 13.0 Å². The first-order valence-electron chi connectivity index (χ1n) is 4.83. The zero-order chi connectivity index (χ0) is 12.3. The van der Waals surface area contributed by atoms with Crippen LogP contribution in [-0.4, -0.2) is 20.3 Å². The Morgan fingerprint density at radius 3 is 2.31 bits per heavy atom. The Morgan fingerprint density at radius 1 is 1.19 bits per heavy atom. The Hall–Kier alpha value is -1.45. The Balaban J connectivity index is 3.09. The molecular formula is C12H14F3N. The molecule has 0 unspecified atom stereocenters. The second kappa shape index (κ2) is 4.60. The van der Waals surface area contributed by atoms with Crippen molar-refractivity contribution in [1.29, 1.82) is 0 Å². The smallest absolute Gasteiger partial charge is 0.377 e. The molecule has 0 spiro atoms. The Labute approximate surface area is 93.2 Å². The maximum atomic E-state index is 12.1. The molecular weight excluding hydrogens is 215 g/mol. The molecule has 16 heavy (non-hydrogen) atoms. The number of halogens is 3. The van der Waals surface area contributed by atoms with Crippen LogP contribution in [0.1, 0.15) is 11.1 Å². The number of nitrogens with zero attached hydrogens (tertiary/aromatic N) is 1. The van der Waals surface area contributed by atoms with Crippen molar-refractivity contribution >= 4 is 11.8 Å². The van der Waals surface area contributed by atoms with Crippen molar-refractivity contribution in [2.24, 2.45) is 0 Å². The van der Waals surface area contributed by atoms with E-state index in [0.717, 1.165) is 17.3 Å². The van der Waals surface area contributed by atoms with E-state index in [0.29, 0.717) is 5.56 Å². The molecule has 1 nitrogen and oxygen atoms in total. The molecule has 0 heterocycles. The highest BCUT2D eigenvalue weighted by molar-refractivity contribution is 5.68. The SMILES string of the molecule is Cc1ccc(/C=C/C(F)(F)F)c(N(C)C)c1. The quantitative estimate of drug-likeness (QED) is 0.748. The van der Waals surface area contributed by atoms with Crippen molar-refractivity contribution in [2.75, 3.05) is 19.0 Å². The number of anilines is 1. The van der Waals surface area contributed by atoms with Crippen LogP contribution >= 0.6 is 0 Å². The van der Waals surface area contributed by atoms with Gasteiger partial charge in [-0.1, -0.05) is 12.1 Å². The lowest BCUT2D eigenvalue weighted by atomic mass is 10.1. The summed E-state index contributed by atoms with van der Waals surface area (Å²) >= 11 is 0. The van der Waals surface area contributed by atoms with Crippen LogP contribution < -0.4 is 4.90 Å². The summed E-state index contributed by atoms with van der Waals surface area (Å²) in [6.07, 6.45) is -2.92. The minimum absolute atomic E-state index is 0.255. The fraction of sp³-hybridized carbons (Fsp3) is 0.333. The zero-order valence-corrected chi connectivity index (χ0v) is 9.47. The van der Waals surface area contributed by atoms with Gasteiger partial charge in [-0.3, -0.25) is 0 Å². The monoisotopic (exact) mass is 229 g/mol. The topological polar surface area (TPSA) is 3.24 Å². The van der Waals surface area contributed by atoms with Crippen LogP contribution in [0.3, 0.4) is 0 Å². The van der Waals surface area contributed by atoms with Gasteiger partial charge in [0.05, 0.1) is 0 Å². The number of allylic oxidation sites excluding steroid dienone is 1. The number of hydrogen-bond acceptors (Lipinski definition) is 1. The van der Waals surface area contributed by atoms with E-state index in [-0.39, 0.29) is 6.08 Å². The third kappa shape index (κ3) is 3.61. The van der Waals surface area contributed by atoms with Gasteiger partial charge in [0.1, 0.15) is 0 Å². The lowest BCUT2D eigenvalue weighted by Crippen LogP contribution is -2.10. The molecule has 0 aromatic heterocycles. The number of alkyl halides is 3. The molecule has 0 fully saturated rings. The van der Waals surface area contributed by atoms with Crippen LogP contribution in [0.4, 0.5) is 18.9 Å². The van der Waals surface area contributed by atoms with Gasteiger partial charge in [-0.15, -0.1) is 0 Å². The molecule has 0 amide bonds. The van der Waals surface area contributed by atoms with Gasteiger partial charge >= 0.3 is 6.18 Å². The molecule has 0 saturated carbocycles. The minimum atomic E-state index is -4.27. The van der Waals surface area contributed by atoms with E-state index < -0.39 is 6.18 Å². The number of hydrogen-bond donors (Lipinski definition) is 0. The van der Waals surface area contributed by atoms with Crippen molar-refractivity contribution in [1.82, 2.24) is 0 Å². The van der Waals surface area contributed by atoms with Gasteiger partial charge in [-0.25, -0.2) is 0 Å². The van der Waals surface area contributed by atoms with Gasteiger partial charge in [0.2, 0.25) is 0 Å². The molecule has 0 radical (unpaired) electrons. The number of rotatable bonds is 2. The van der Waals surface area contributed by atoms with Crippen molar-refractivity contribution in [3.05, 3.63) is 35.4 Å². The first-order valence-corrected chi connectivity index (χ1v) is 4.83. The largest absolute Gasteiger partial charge is 0.409 e. The summed E-state index contributed by atoms with van der Waals surface area (Å²) in [7, 11) is 3.61. The van der Waals surface area contributed by atoms with E-state index in [1.54, 1.807) is 31.1 Å². The predicted octanol–water partition coefficient (Wildman–Crippen LogP) is 3.64. The first-order chi connectivity index (χ1) is 7.29. The third-order valence-corrected chi connectivity index (χ3v) is 2.12. The Kier molecular flexibility index (Phi) is 3.62. The molecule has 0 aliphatic rings. The van der Waals surface area contributed by atoms with Gasteiger partial charge in [-0.2, -0.15) is 13.2 Å². The van der Waals surface area contributed by atoms with E-state index in [2.05, 4.69) is 0 Å². The fourth-order valence-corrected chi connectivity index (χ4v) is 1.37. The lowest BCUT2D eigenvalue weighted by molar-refractivity contribution is -0.0790. The summed E-state index contributed by atoms with van der Waals surface area (Å²) in [6.45, 7) is 1.91. The van der Waals surface area contributed by atoms with Crippen LogP contribution in [0.2, 0.25) is 0 Å². The van der Waals surface area contributed by atoms with E-state index >= 15 is 0 Å². The molecule has 0 saturated heterocycles. The summed E-state index contributed by atoms with van der Waals surface area (Å²) in [6, 6.07) is 5.34. The van der Waals surface area contributed by atoms with Crippen molar-refractivity contribution in [3.63, 3.8) is 0 Å². The molecule has 4 heteroatoms. The van der Waals surface area contributed by atoms with Gasteiger partial charge in [0, 0.05) is 25.9 Å². The highest BCUT2D eigenvalue weighted by Crippen LogP contribution is 2.24. The van der Waals surface area contributed by atoms with Gasteiger partial charge in [0.15, 0.2) is 0 Å². The van der Waals surface area contributed by atoms with Crippen LogP contribution in [0.25, 0.3) is 6.08 Å². The molecule has 0 aliphatic carbocycles. The average Bonchev–Trinajstić information content (AvgIpc) is 2.14. The lowest BCUT2D eigenvalue weighted by Gasteiger charge is -2.16. The third-order valence-electron chi connectivity index (χ3n) is 2.12. The van der Waals surface area contributed by atoms with Gasteiger partial charge in [-0.05, 0) is 30.2 Å². The maximum Gasteiger partial charge on any atom is 0.409 e. The van der Waals surface area contributed by atoms with Gasteiger partial charge in [0.25, 0.3) is 0 Å². The Morgan fingerprint density at radius 2 is 1.81 bits per heavy atom. The van der Waals surface area contributed by atoms with Crippen molar-refractivity contribution in [3.8, 4) is 0 Å². The summed E-state index contributed by atoms with van der Waals surface area (Å²) in [4.78, 5) is 1.79. The van der Waals surface area contributed by atoms with Crippen LogP contribution in [0.5, 0.6) is 0 Å². The summed E-state index contributed by atoms with van der Waals surface area (Å²) in [5.74, 6) is 0. The summed E-state index contributed by atoms with van der Waals surface area (Å²) < 4.78 is 36.2. The first kappa shape index (κ1) is 12.6. The maximum absolute atomic E-state index is 12.1. The standard InChI is InChI=1S/C12H14F3N/c1-9-4-5-10(6-7-12(13,14)15)11(8-9)16(2)3/h4-8H,1-3H3/b7-6+.